The average molecular weight is 435 g/mol. The molecule has 0 saturated heterocycles. The Balaban J connectivity index is 1.45. The van der Waals surface area contributed by atoms with Gasteiger partial charge in [0.05, 0.1) is 24.3 Å². The Kier molecular flexibility index (Phi) is 6.24. The molecule has 0 fully saturated rings. The number of rotatable bonds is 7. The maximum atomic E-state index is 5.68. The summed E-state index contributed by atoms with van der Waals surface area (Å²) in [6.45, 7) is 3.84. The second-order valence-corrected chi connectivity index (χ2v) is 6.83. The van der Waals surface area contributed by atoms with Gasteiger partial charge in [-0.2, -0.15) is 10.2 Å². The Hall–Kier alpha value is -2.39. The fraction of sp³-hybridized carbons (Fsp3) is 0.235. The number of benzene rings is 1. The molecule has 0 aliphatic heterocycles. The molecule has 0 radical (unpaired) electrons. The smallest absolute Gasteiger partial charge is 0.180 e. The molecule has 0 saturated carbocycles. The van der Waals surface area contributed by atoms with E-state index in [0.717, 1.165) is 28.0 Å². The highest BCUT2D eigenvalue weighted by Gasteiger charge is 2.03. The van der Waals surface area contributed by atoms with Crippen LogP contribution in [0, 0.1) is 0 Å². The van der Waals surface area contributed by atoms with Crippen LogP contribution < -0.4 is 15.4 Å². The van der Waals surface area contributed by atoms with Crippen molar-refractivity contribution in [3.8, 4) is 5.75 Å². The zero-order valence-electron chi connectivity index (χ0n) is 14.2. The number of halogens is 1. The Morgan fingerprint density at radius 3 is 2.65 bits per heavy atom. The lowest BCUT2D eigenvalue weighted by Gasteiger charge is -2.08. The summed E-state index contributed by atoms with van der Waals surface area (Å²) in [6.07, 6.45) is 7.36. The summed E-state index contributed by atoms with van der Waals surface area (Å²) in [5, 5.41) is 15.3. The molecule has 2 N–H and O–H groups in total. The van der Waals surface area contributed by atoms with Gasteiger partial charge in [0, 0.05) is 29.3 Å². The number of thiocarbonyl (C=S) groups is 1. The van der Waals surface area contributed by atoms with E-state index in [0.29, 0.717) is 18.4 Å². The highest BCUT2D eigenvalue weighted by Crippen LogP contribution is 2.16. The van der Waals surface area contributed by atoms with Gasteiger partial charge in [-0.15, -0.1) is 0 Å². The number of hydrogen-bond donors (Lipinski definition) is 2. The van der Waals surface area contributed by atoms with Gasteiger partial charge >= 0.3 is 0 Å². The summed E-state index contributed by atoms with van der Waals surface area (Å²) < 4.78 is 10.3. The Morgan fingerprint density at radius 1 is 1.15 bits per heavy atom. The number of aryl methyl sites for hydroxylation is 1. The van der Waals surface area contributed by atoms with Gasteiger partial charge in [-0.3, -0.25) is 4.68 Å². The molecule has 0 aliphatic carbocycles. The van der Waals surface area contributed by atoms with Crippen molar-refractivity contribution in [2.75, 3.05) is 5.32 Å². The number of anilines is 1. The molecular weight excluding hydrogens is 416 g/mol. The minimum Gasteiger partial charge on any atom is -0.471 e. The predicted molar refractivity (Wildman–Crippen MR) is 108 cm³/mol. The number of hydrogen-bond acceptors (Lipinski definition) is 4. The lowest BCUT2D eigenvalue weighted by atomic mass is 10.3. The maximum absolute atomic E-state index is 5.68. The van der Waals surface area contributed by atoms with Gasteiger partial charge in [0.25, 0.3) is 0 Å². The van der Waals surface area contributed by atoms with E-state index >= 15 is 0 Å². The maximum Gasteiger partial charge on any atom is 0.180 e. The third-order valence-electron chi connectivity index (χ3n) is 3.53. The van der Waals surface area contributed by atoms with Crippen LogP contribution in [0.4, 0.5) is 5.69 Å². The quantitative estimate of drug-likeness (QED) is 0.555. The van der Waals surface area contributed by atoms with Gasteiger partial charge in [0.15, 0.2) is 11.8 Å². The number of aromatic nitrogens is 4. The van der Waals surface area contributed by atoms with Crippen molar-refractivity contribution < 1.29 is 4.74 Å². The molecule has 9 heteroatoms. The number of nitrogens with zero attached hydrogens (tertiary/aromatic N) is 4. The molecule has 7 nitrogen and oxygen atoms in total. The van der Waals surface area contributed by atoms with Gasteiger partial charge in [0.2, 0.25) is 0 Å². The SMILES string of the molecule is CCn1cc(CNC(=S)Nc2cnn(COc3ccc(Br)cc3)c2)cn1. The average Bonchev–Trinajstić information content (AvgIpc) is 3.28. The third kappa shape index (κ3) is 5.30. The minimum absolute atomic E-state index is 0.319. The summed E-state index contributed by atoms with van der Waals surface area (Å²) in [7, 11) is 0. The topological polar surface area (TPSA) is 68.9 Å². The van der Waals surface area contributed by atoms with Crippen LogP contribution in [0.1, 0.15) is 12.5 Å². The molecule has 3 rings (SSSR count). The van der Waals surface area contributed by atoms with Crippen molar-refractivity contribution >= 4 is 38.9 Å². The van der Waals surface area contributed by atoms with Crippen LogP contribution in [0.3, 0.4) is 0 Å². The molecule has 136 valence electrons. The van der Waals surface area contributed by atoms with Gasteiger partial charge in [-0.05, 0) is 43.4 Å². The summed E-state index contributed by atoms with van der Waals surface area (Å²) in [4.78, 5) is 0. The molecule has 0 unspecified atom stereocenters. The summed E-state index contributed by atoms with van der Waals surface area (Å²) in [5.74, 6) is 0.781. The van der Waals surface area contributed by atoms with Gasteiger partial charge in [-0.1, -0.05) is 15.9 Å². The molecule has 0 aliphatic rings. The van der Waals surface area contributed by atoms with Crippen LogP contribution in [-0.2, 0) is 19.8 Å². The standard InChI is InChI=1S/C17H19BrN6OS/c1-2-23-10-13(8-20-23)7-19-17(26)22-15-9-21-24(11-15)12-25-16-5-3-14(18)4-6-16/h3-6,8-11H,2,7,12H2,1H3,(H2,19,22,26). The van der Waals surface area contributed by atoms with Crippen LogP contribution in [-0.4, -0.2) is 24.7 Å². The number of ether oxygens (including phenoxy) is 1. The molecule has 2 aromatic heterocycles. The van der Waals surface area contributed by atoms with E-state index in [1.54, 1.807) is 10.9 Å². The van der Waals surface area contributed by atoms with Crippen molar-refractivity contribution in [2.45, 2.75) is 26.7 Å². The normalized spacial score (nSPS) is 10.5. The zero-order valence-corrected chi connectivity index (χ0v) is 16.6. The molecule has 3 aromatic rings. The van der Waals surface area contributed by atoms with Gasteiger partial charge in [0.1, 0.15) is 5.75 Å². The third-order valence-corrected chi connectivity index (χ3v) is 4.31. The van der Waals surface area contributed by atoms with Crippen molar-refractivity contribution in [1.29, 1.82) is 0 Å². The second kappa shape index (κ2) is 8.81. The highest BCUT2D eigenvalue weighted by atomic mass is 79.9. The first-order valence-electron chi connectivity index (χ1n) is 8.09. The van der Waals surface area contributed by atoms with Crippen LogP contribution in [0.15, 0.2) is 53.5 Å². The predicted octanol–water partition coefficient (Wildman–Crippen LogP) is 3.39. The molecule has 1 aromatic carbocycles. The van der Waals surface area contributed by atoms with Crippen LogP contribution in [0.2, 0.25) is 0 Å². The summed E-state index contributed by atoms with van der Waals surface area (Å²) >= 11 is 8.71. The monoisotopic (exact) mass is 434 g/mol. The first kappa shape index (κ1) is 18.4. The Labute approximate surface area is 165 Å². The molecular formula is C17H19BrN6OS. The molecule has 26 heavy (non-hydrogen) atoms. The number of nitrogens with one attached hydrogen (secondary N) is 2. The minimum atomic E-state index is 0.319. The van der Waals surface area contributed by atoms with E-state index in [4.69, 9.17) is 17.0 Å². The van der Waals surface area contributed by atoms with E-state index in [-0.39, 0.29) is 0 Å². The van der Waals surface area contributed by atoms with Crippen molar-refractivity contribution in [3.63, 3.8) is 0 Å². The zero-order chi connectivity index (χ0) is 18.4. The van der Waals surface area contributed by atoms with Crippen molar-refractivity contribution in [1.82, 2.24) is 24.9 Å². The molecule has 0 amide bonds. The largest absolute Gasteiger partial charge is 0.471 e. The van der Waals surface area contributed by atoms with E-state index in [1.165, 1.54) is 0 Å². The van der Waals surface area contributed by atoms with Crippen molar-refractivity contribution in [2.24, 2.45) is 0 Å². The van der Waals surface area contributed by atoms with Crippen LogP contribution in [0.25, 0.3) is 0 Å². The second-order valence-electron chi connectivity index (χ2n) is 5.51. The van der Waals surface area contributed by atoms with Crippen LogP contribution in [0.5, 0.6) is 5.75 Å². The Morgan fingerprint density at radius 2 is 1.92 bits per heavy atom. The molecule has 2 heterocycles. The lowest BCUT2D eigenvalue weighted by Crippen LogP contribution is -2.27. The molecule has 0 atom stereocenters. The fourth-order valence-corrected chi connectivity index (χ4v) is 2.65. The van der Waals surface area contributed by atoms with Crippen LogP contribution >= 0.6 is 28.1 Å². The highest BCUT2D eigenvalue weighted by molar-refractivity contribution is 9.10. The lowest BCUT2D eigenvalue weighted by molar-refractivity contribution is 0.221. The van der Waals surface area contributed by atoms with Gasteiger partial charge in [-0.25, -0.2) is 4.68 Å². The Bertz CT molecular complexity index is 860. The first-order valence-corrected chi connectivity index (χ1v) is 9.29. The fourth-order valence-electron chi connectivity index (χ4n) is 2.20. The van der Waals surface area contributed by atoms with E-state index in [1.807, 2.05) is 47.5 Å². The van der Waals surface area contributed by atoms with E-state index < -0.39 is 0 Å². The molecule has 0 bridgehead atoms. The molecule has 0 spiro atoms. The van der Waals surface area contributed by atoms with E-state index in [2.05, 4.69) is 43.7 Å². The summed E-state index contributed by atoms with van der Waals surface area (Å²) in [5.41, 5.74) is 1.88. The van der Waals surface area contributed by atoms with Gasteiger partial charge < -0.3 is 15.4 Å². The summed E-state index contributed by atoms with van der Waals surface area (Å²) in [6, 6.07) is 7.65. The van der Waals surface area contributed by atoms with Crippen molar-refractivity contribution in [3.05, 3.63) is 59.1 Å². The first-order chi connectivity index (χ1) is 12.6. The van der Waals surface area contributed by atoms with E-state index in [9.17, 15) is 0 Å².